The number of hydrogen-bond donors (Lipinski definition) is 1. The second-order valence-corrected chi connectivity index (χ2v) is 6.29. The van der Waals surface area contributed by atoms with E-state index >= 15 is 0 Å². The van der Waals surface area contributed by atoms with Gasteiger partial charge in [0.25, 0.3) is 0 Å². The summed E-state index contributed by atoms with van der Waals surface area (Å²) in [5, 5.41) is 12.8. The number of para-hydroxylation sites is 1. The number of oxime groups is 1. The molecule has 1 aromatic carbocycles. The zero-order valence-electron chi connectivity index (χ0n) is 12.3. The summed E-state index contributed by atoms with van der Waals surface area (Å²) in [4.78, 5) is 2.57. The average Bonchev–Trinajstić information content (AvgIpc) is 2.66. The quantitative estimate of drug-likeness (QED) is 0.618. The highest BCUT2D eigenvalue weighted by molar-refractivity contribution is 6.05. The molecule has 3 nitrogen and oxygen atoms in total. The number of anilines is 1. The Hall–Kier alpha value is -1.51. The highest BCUT2D eigenvalue weighted by atomic mass is 16.4. The highest BCUT2D eigenvalue weighted by Crippen LogP contribution is 2.34. The zero-order valence-corrected chi connectivity index (χ0v) is 12.3. The van der Waals surface area contributed by atoms with Gasteiger partial charge < -0.3 is 10.1 Å². The number of benzene rings is 1. The van der Waals surface area contributed by atoms with Gasteiger partial charge in [-0.25, -0.2) is 0 Å². The van der Waals surface area contributed by atoms with E-state index in [9.17, 15) is 5.21 Å². The first-order valence-electron chi connectivity index (χ1n) is 7.86. The van der Waals surface area contributed by atoms with Crippen LogP contribution < -0.4 is 4.90 Å². The van der Waals surface area contributed by atoms with Crippen LogP contribution in [0.2, 0.25) is 0 Å². The van der Waals surface area contributed by atoms with Gasteiger partial charge in [-0.3, -0.25) is 0 Å². The predicted molar refractivity (Wildman–Crippen MR) is 82.8 cm³/mol. The Labute approximate surface area is 121 Å². The Kier molecular flexibility index (Phi) is 3.95. The third-order valence-corrected chi connectivity index (χ3v) is 4.81. The van der Waals surface area contributed by atoms with E-state index in [4.69, 9.17) is 0 Å². The molecule has 1 heterocycles. The minimum absolute atomic E-state index is 0.651. The molecule has 2 aliphatic rings. The Morgan fingerprint density at radius 3 is 2.85 bits per heavy atom. The number of hydrogen-bond acceptors (Lipinski definition) is 3. The largest absolute Gasteiger partial charge is 0.411 e. The third-order valence-electron chi connectivity index (χ3n) is 4.81. The first-order chi connectivity index (χ1) is 9.79. The van der Waals surface area contributed by atoms with E-state index in [2.05, 4.69) is 35.2 Å². The fraction of sp³-hybridized carbons (Fsp3) is 0.588. The lowest BCUT2D eigenvalue weighted by molar-refractivity contribution is 0.318. The van der Waals surface area contributed by atoms with Crippen LogP contribution in [-0.2, 0) is 0 Å². The Balaban J connectivity index is 1.95. The van der Waals surface area contributed by atoms with E-state index in [0.717, 1.165) is 36.6 Å². The van der Waals surface area contributed by atoms with Gasteiger partial charge in [-0.1, -0.05) is 43.1 Å². The maximum atomic E-state index is 9.27. The van der Waals surface area contributed by atoms with Gasteiger partial charge in [0.2, 0.25) is 0 Å². The maximum Gasteiger partial charge on any atom is 0.0889 e. The molecular weight excluding hydrogens is 248 g/mol. The molecule has 108 valence electrons. The maximum absolute atomic E-state index is 9.27. The molecule has 1 fully saturated rings. The van der Waals surface area contributed by atoms with Gasteiger partial charge in [0.1, 0.15) is 0 Å². The van der Waals surface area contributed by atoms with Gasteiger partial charge in [-0.15, -0.1) is 0 Å². The summed E-state index contributed by atoms with van der Waals surface area (Å²) in [6, 6.07) is 9.06. The molecule has 1 N–H and O–H groups in total. The lowest BCUT2D eigenvalue weighted by Gasteiger charge is -2.38. The molecule has 3 heteroatoms. The number of rotatable bonds is 1. The SMILES string of the molecule is CC1CCCC(N2CCC/C(=N/O)c3ccccc32)C1. The van der Waals surface area contributed by atoms with Crippen LogP contribution in [0.5, 0.6) is 0 Å². The van der Waals surface area contributed by atoms with Gasteiger partial charge >= 0.3 is 0 Å². The fourth-order valence-corrected chi connectivity index (χ4v) is 3.81. The summed E-state index contributed by atoms with van der Waals surface area (Å²) in [5.41, 5.74) is 3.22. The average molecular weight is 272 g/mol. The molecule has 0 radical (unpaired) electrons. The molecule has 3 rings (SSSR count). The second-order valence-electron chi connectivity index (χ2n) is 6.29. The van der Waals surface area contributed by atoms with Crippen molar-refractivity contribution in [3.8, 4) is 0 Å². The molecular formula is C17H24N2O. The fourth-order valence-electron chi connectivity index (χ4n) is 3.81. The highest BCUT2D eigenvalue weighted by Gasteiger charge is 2.28. The predicted octanol–water partition coefficient (Wildman–Crippen LogP) is 4.04. The summed E-state index contributed by atoms with van der Waals surface area (Å²) in [5.74, 6) is 0.829. The van der Waals surface area contributed by atoms with Crippen molar-refractivity contribution in [2.75, 3.05) is 11.4 Å². The smallest absolute Gasteiger partial charge is 0.0889 e. The summed E-state index contributed by atoms with van der Waals surface area (Å²) < 4.78 is 0. The molecule has 2 atom stereocenters. The van der Waals surface area contributed by atoms with Crippen LogP contribution in [0.15, 0.2) is 29.4 Å². The third kappa shape index (κ3) is 2.54. The van der Waals surface area contributed by atoms with Gasteiger partial charge in [0, 0.05) is 23.8 Å². The van der Waals surface area contributed by atoms with Gasteiger partial charge in [0.05, 0.1) is 5.71 Å². The van der Waals surface area contributed by atoms with E-state index in [1.54, 1.807) is 0 Å². The lowest BCUT2D eigenvalue weighted by Crippen LogP contribution is -2.39. The monoisotopic (exact) mass is 272 g/mol. The van der Waals surface area contributed by atoms with Crippen LogP contribution in [0.4, 0.5) is 5.69 Å². The van der Waals surface area contributed by atoms with Crippen molar-refractivity contribution in [2.45, 2.75) is 51.5 Å². The van der Waals surface area contributed by atoms with Crippen molar-refractivity contribution in [1.82, 2.24) is 0 Å². The van der Waals surface area contributed by atoms with E-state index in [1.165, 1.54) is 31.4 Å². The first-order valence-corrected chi connectivity index (χ1v) is 7.86. The molecule has 1 saturated carbocycles. The van der Waals surface area contributed by atoms with Crippen molar-refractivity contribution in [3.05, 3.63) is 29.8 Å². The minimum atomic E-state index is 0.651. The van der Waals surface area contributed by atoms with E-state index in [-0.39, 0.29) is 0 Å². The van der Waals surface area contributed by atoms with Crippen molar-refractivity contribution < 1.29 is 5.21 Å². The van der Waals surface area contributed by atoms with Crippen molar-refractivity contribution in [1.29, 1.82) is 0 Å². The minimum Gasteiger partial charge on any atom is -0.411 e. The van der Waals surface area contributed by atoms with Crippen LogP contribution in [0.1, 0.15) is 51.0 Å². The number of fused-ring (bicyclic) bond motifs is 1. The molecule has 1 aliphatic heterocycles. The zero-order chi connectivity index (χ0) is 13.9. The Morgan fingerprint density at radius 2 is 2.05 bits per heavy atom. The summed E-state index contributed by atoms with van der Waals surface area (Å²) in [6.07, 6.45) is 7.23. The molecule has 2 unspecified atom stereocenters. The molecule has 0 saturated heterocycles. The van der Waals surface area contributed by atoms with E-state index < -0.39 is 0 Å². The van der Waals surface area contributed by atoms with Crippen LogP contribution in [-0.4, -0.2) is 23.5 Å². The van der Waals surface area contributed by atoms with Crippen molar-refractivity contribution >= 4 is 11.4 Å². The van der Waals surface area contributed by atoms with Gasteiger partial charge in [0.15, 0.2) is 0 Å². The standard InChI is InChI=1S/C17H24N2O/c1-13-6-4-7-14(12-13)19-11-5-9-16(18-20)15-8-2-3-10-17(15)19/h2-3,8,10,13-14,20H,4-7,9,11-12H2,1H3/b18-16-. The van der Waals surface area contributed by atoms with Crippen LogP contribution in [0.3, 0.4) is 0 Å². The summed E-state index contributed by atoms with van der Waals surface area (Å²) in [6.45, 7) is 3.45. The first kappa shape index (κ1) is 13.5. The van der Waals surface area contributed by atoms with Crippen LogP contribution >= 0.6 is 0 Å². The summed E-state index contributed by atoms with van der Waals surface area (Å²) in [7, 11) is 0. The van der Waals surface area contributed by atoms with Crippen molar-refractivity contribution in [2.24, 2.45) is 11.1 Å². The lowest BCUT2D eigenvalue weighted by atomic mass is 9.86. The topological polar surface area (TPSA) is 35.8 Å². The molecule has 20 heavy (non-hydrogen) atoms. The normalized spacial score (nSPS) is 29.1. The second kappa shape index (κ2) is 5.86. The summed E-state index contributed by atoms with van der Waals surface area (Å²) >= 11 is 0. The van der Waals surface area contributed by atoms with E-state index in [1.807, 2.05) is 6.07 Å². The van der Waals surface area contributed by atoms with Gasteiger partial charge in [-0.05, 0) is 37.7 Å². The van der Waals surface area contributed by atoms with E-state index in [0.29, 0.717) is 6.04 Å². The van der Waals surface area contributed by atoms with Crippen LogP contribution in [0.25, 0.3) is 0 Å². The van der Waals surface area contributed by atoms with Crippen LogP contribution in [0, 0.1) is 5.92 Å². The molecule has 0 spiro atoms. The van der Waals surface area contributed by atoms with Crippen molar-refractivity contribution in [3.63, 3.8) is 0 Å². The van der Waals surface area contributed by atoms with Gasteiger partial charge in [-0.2, -0.15) is 0 Å². The number of nitrogens with zero attached hydrogens (tertiary/aromatic N) is 2. The molecule has 1 aliphatic carbocycles. The molecule has 0 bridgehead atoms. The Morgan fingerprint density at radius 1 is 1.20 bits per heavy atom. The molecule has 0 amide bonds. The molecule has 0 aromatic heterocycles. The molecule has 1 aromatic rings. The Bertz CT molecular complexity index is 498.